The van der Waals surface area contributed by atoms with Gasteiger partial charge in [0.1, 0.15) is 5.75 Å². The van der Waals surface area contributed by atoms with Crippen LogP contribution in [0, 0.1) is 0 Å². The molecular formula is C23H21ClF6N2O4S. The molecule has 0 spiro atoms. The van der Waals surface area contributed by atoms with E-state index in [4.69, 9.17) is 24.6 Å². The summed E-state index contributed by atoms with van der Waals surface area (Å²) in [5, 5.41) is 1.29. The molecule has 0 radical (unpaired) electrons. The molecule has 0 saturated heterocycles. The third kappa shape index (κ3) is 10.5. The van der Waals surface area contributed by atoms with Crippen LogP contribution in [0.5, 0.6) is 5.75 Å². The van der Waals surface area contributed by atoms with Gasteiger partial charge in [0.2, 0.25) is 0 Å². The van der Waals surface area contributed by atoms with Crippen LogP contribution in [0.2, 0.25) is 5.02 Å². The fourth-order valence-corrected chi connectivity index (χ4v) is 3.09. The zero-order valence-corrected chi connectivity index (χ0v) is 20.7. The molecule has 3 rings (SSSR count). The van der Waals surface area contributed by atoms with Crippen molar-refractivity contribution in [2.45, 2.75) is 38.2 Å². The predicted molar refractivity (Wildman–Crippen MR) is 125 cm³/mol. The van der Waals surface area contributed by atoms with Crippen LogP contribution in [0.3, 0.4) is 0 Å². The van der Waals surface area contributed by atoms with Gasteiger partial charge < -0.3 is 9.30 Å². The van der Waals surface area contributed by atoms with E-state index in [1.54, 1.807) is 12.1 Å². The first-order chi connectivity index (χ1) is 17.1. The summed E-state index contributed by atoms with van der Waals surface area (Å²) in [4.78, 5) is 4.61. The fourth-order valence-electron chi connectivity index (χ4n) is 2.86. The monoisotopic (exact) mass is 570 g/mol. The van der Waals surface area contributed by atoms with Crippen LogP contribution in [-0.2, 0) is 29.5 Å². The molecule has 1 aromatic heterocycles. The third-order valence-corrected chi connectivity index (χ3v) is 5.50. The topological polar surface area (TPSA) is 80.9 Å². The SMILES string of the molecule is CCn1ccc(=Nc2cccc(CCc3ccc(OC(F)(F)F)cc3)c2)c(Cl)c1.O=S(=O)(O)C(F)(F)F. The number of aryl methyl sites for hydroxylation is 3. The molecule has 202 valence electrons. The zero-order chi connectivity index (χ0) is 27.9. The van der Waals surface area contributed by atoms with E-state index >= 15 is 0 Å². The molecule has 0 amide bonds. The number of aromatic nitrogens is 1. The number of hydrogen-bond acceptors (Lipinski definition) is 4. The van der Waals surface area contributed by atoms with Crippen molar-refractivity contribution in [3.8, 4) is 5.75 Å². The maximum atomic E-state index is 12.2. The molecule has 14 heteroatoms. The fraction of sp³-hybridized carbons (Fsp3) is 0.261. The van der Waals surface area contributed by atoms with Crippen LogP contribution in [0.4, 0.5) is 32.0 Å². The van der Waals surface area contributed by atoms with Crippen molar-refractivity contribution < 1.29 is 44.0 Å². The lowest BCUT2D eigenvalue weighted by atomic mass is 10.0. The minimum Gasteiger partial charge on any atom is -0.406 e. The number of ether oxygens (including phenoxy) is 1. The van der Waals surface area contributed by atoms with E-state index in [-0.39, 0.29) is 5.75 Å². The lowest BCUT2D eigenvalue weighted by Gasteiger charge is -2.09. The zero-order valence-electron chi connectivity index (χ0n) is 19.1. The Balaban J connectivity index is 0.000000521. The van der Waals surface area contributed by atoms with Gasteiger partial charge in [0.15, 0.2) is 0 Å². The van der Waals surface area contributed by atoms with Crippen LogP contribution in [-0.4, -0.2) is 29.4 Å². The van der Waals surface area contributed by atoms with Gasteiger partial charge in [-0.2, -0.15) is 21.6 Å². The summed E-state index contributed by atoms with van der Waals surface area (Å²) in [5.74, 6) is -0.216. The Bertz CT molecular complexity index is 1360. The number of hydrogen-bond donors (Lipinski definition) is 1. The number of pyridine rings is 1. The number of alkyl halides is 6. The van der Waals surface area contributed by atoms with E-state index in [1.165, 1.54) is 12.1 Å². The summed E-state index contributed by atoms with van der Waals surface area (Å²) in [6, 6.07) is 15.6. The van der Waals surface area contributed by atoms with Crippen LogP contribution in [0.1, 0.15) is 18.1 Å². The molecule has 1 N–H and O–H groups in total. The standard InChI is InChI=1S/C22H20ClF3N2O.CHF3O3S/c1-2-28-13-12-21(20(23)15-28)27-18-5-3-4-17(14-18)7-6-16-8-10-19(11-9-16)29-22(24,25)26;2-1(3,4)8(5,6)7/h3-5,8-15H,2,6-7H2,1H3;(H,5,6,7). The molecule has 0 unspecified atom stereocenters. The third-order valence-electron chi connectivity index (χ3n) is 4.62. The molecule has 37 heavy (non-hydrogen) atoms. The molecule has 3 aromatic rings. The Hall–Kier alpha value is -3.03. The summed E-state index contributed by atoms with van der Waals surface area (Å²) < 4.78 is 100. The molecule has 6 nitrogen and oxygen atoms in total. The Morgan fingerprint density at radius 3 is 2.08 bits per heavy atom. The van der Waals surface area contributed by atoms with Gasteiger partial charge in [-0.05, 0) is 61.2 Å². The molecule has 2 aromatic carbocycles. The van der Waals surface area contributed by atoms with E-state index < -0.39 is 22.0 Å². The highest BCUT2D eigenvalue weighted by Crippen LogP contribution is 2.23. The van der Waals surface area contributed by atoms with Crippen LogP contribution in [0.15, 0.2) is 72.0 Å². The highest BCUT2D eigenvalue weighted by molar-refractivity contribution is 7.86. The highest BCUT2D eigenvalue weighted by Gasteiger charge is 2.44. The summed E-state index contributed by atoms with van der Waals surface area (Å²) >= 11 is 6.30. The molecule has 0 atom stereocenters. The van der Waals surface area contributed by atoms with E-state index in [0.29, 0.717) is 16.8 Å². The number of benzene rings is 2. The lowest BCUT2D eigenvalue weighted by Crippen LogP contribution is -2.21. The Labute approximate surface area is 213 Å². The summed E-state index contributed by atoms with van der Waals surface area (Å²) in [5.41, 5.74) is -2.73. The highest BCUT2D eigenvalue weighted by atomic mass is 35.5. The number of halogens is 7. The summed E-state index contributed by atoms with van der Waals surface area (Å²) in [6.45, 7) is 2.87. The quantitative estimate of drug-likeness (QED) is 0.209. The number of rotatable bonds is 6. The minimum atomic E-state index is -5.84. The first-order valence-corrected chi connectivity index (χ1v) is 12.3. The molecule has 0 aliphatic rings. The van der Waals surface area contributed by atoms with E-state index in [0.717, 1.165) is 29.8 Å². The normalized spacial score (nSPS) is 12.6. The smallest absolute Gasteiger partial charge is 0.406 e. The number of nitrogens with zero attached hydrogens (tertiary/aromatic N) is 2. The van der Waals surface area contributed by atoms with Crippen molar-refractivity contribution in [2.75, 3.05) is 0 Å². The van der Waals surface area contributed by atoms with Crippen molar-refractivity contribution in [3.63, 3.8) is 0 Å². The first kappa shape index (κ1) is 30.2. The van der Waals surface area contributed by atoms with Crippen molar-refractivity contribution in [1.82, 2.24) is 4.57 Å². The molecule has 0 saturated carbocycles. The molecule has 1 heterocycles. The van der Waals surface area contributed by atoms with Crippen LogP contribution >= 0.6 is 11.6 Å². The van der Waals surface area contributed by atoms with Crippen LogP contribution < -0.4 is 10.1 Å². The minimum absolute atomic E-state index is 0.216. The van der Waals surface area contributed by atoms with Crippen molar-refractivity contribution in [1.29, 1.82) is 0 Å². The van der Waals surface area contributed by atoms with Crippen LogP contribution in [0.25, 0.3) is 0 Å². The van der Waals surface area contributed by atoms with E-state index in [1.807, 2.05) is 54.2 Å². The Kier molecular flexibility index (Phi) is 10.2. The van der Waals surface area contributed by atoms with Gasteiger partial charge in [0, 0.05) is 18.9 Å². The second kappa shape index (κ2) is 12.5. The average molecular weight is 571 g/mol. The lowest BCUT2D eigenvalue weighted by molar-refractivity contribution is -0.274. The van der Waals surface area contributed by atoms with Crippen molar-refractivity contribution >= 4 is 27.4 Å². The summed E-state index contributed by atoms with van der Waals surface area (Å²) in [6.07, 6.45) is 0.528. The van der Waals surface area contributed by atoms with Crippen molar-refractivity contribution in [2.24, 2.45) is 4.99 Å². The van der Waals surface area contributed by atoms with Gasteiger partial charge in [0.05, 0.1) is 16.1 Å². The van der Waals surface area contributed by atoms with Gasteiger partial charge in [-0.25, -0.2) is 4.99 Å². The van der Waals surface area contributed by atoms with Gasteiger partial charge in [-0.3, -0.25) is 4.55 Å². The van der Waals surface area contributed by atoms with E-state index in [2.05, 4.69) is 9.73 Å². The van der Waals surface area contributed by atoms with E-state index in [9.17, 15) is 26.3 Å². The largest absolute Gasteiger partial charge is 0.573 e. The molecule has 0 fully saturated rings. The first-order valence-electron chi connectivity index (χ1n) is 10.4. The second-order valence-electron chi connectivity index (χ2n) is 7.40. The van der Waals surface area contributed by atoms with Gasteiger partial charge >= 0.3 is 22.0 Å². The molecule has 0 aliphatic heterocycles. The average Bonchev–Trinajstić information content (AvgIpc) is 2.78. The second-order valence-corrected chi connectivity index (χ2v) is 9.22. The molecule has 0 aliphatic carbocycles. The maximum Gasteiger partial charge on any atom is 0.573 e. The van der Waals surface area contributed by atoms with Gasteiger partial charge in [-0.15, -0.1) is 13.2 Å². The van der Waals surface area contributed by atoms with Crippen molar-refractivity contribution in [3.05, 3.63) is 88.5 Å². The van der Waals surface area contributed by atoms with Gasteiger partial charge in [0.25, 0.3) is 0 Å². The maximum absolute atomic E-state index is 12.2. The summed E-state index contributed by atoms with van der Waals surface area (Å²) in [7, 11) is -5.84. The predicted octanol–water partition coefficient (Wildman–Crippen LogP) is 6.47. The van der Waals surface area contributed by atoms with Gasteiger partial charge in [-0.1, -0.05) is 35.9 Å². The molecular weight excluding hydrogens is 550 g/mol. The molecule has 0 bridgehead atoms. The Morgan fingerprint density at radius 2 is 1.57 bits per heavy atom. The Morgan fingerprint density at radius 1 is 0.973 bits per heavy atom.